The Kier molecular flexibility index (Phi) is 3.31. The zero-order chi connectivity index (χ0) is 11.6. The minimum Gasteiger partial charge on any atom is -0.281 e. The highest BCUT2D eigenvalue weighted by Crippen LogP contribution is 2.22. The molecule has 1 aromatic rings. The van der Waals surface area contributed by atoms with E-state index in [1.54, 1.807) is 0 Å². The van der Waals surface area contributed by atoms with Gasteiger partial charge in [0.2, 0.25) is 11.1 Å². The summed E-state index contributed by atoms with van der Waals surface area (Å²) in [6.07, 6.45) is -0.519. The molecule has 0 atom stereocenters. The van der Waals surface area contributed by atoms with E-state index in [1.807, 2.05) is 0 Å². The standard InChI is InChI=1S/C8H4ClF2NO3/c9-8(13)2-4-1-7(12(14)15)6(11)3-5(4)10/h1,3H,2H2. The lowest BCUT2D eigenvalue weighted by Gasteiger charge is -2.00. The van der Waals surface area contributed by atoms with Gasteiger partial charge in [-0.25, -0.2) is 4.39 Å². The maximum atomic E-state index is 13.0. The average molecular weight is 236 g/mol. The number of benzene rings is 1. The third-order valence-electron chi connectivity index (χ3n) is 1.64. The first kappa shape index (κ1) is 11.5. The highest BCUT2D eigenvalue weighted by Gasteiger charge is 2.19. The van der Waals surface area contributed by atoms with Crippen molar-refractivity contribution >= 4 is 22.5 Å². The summed E-state index contributed by atoms with van der Waals surface area (Å²) in [6, 6.07) is 1.01. The third-order valence-corrected chi connectivity index (χ3v) is 1.78. The van der Waals surface area contributed by atoms with Crippen LogP contribution in [0.25, 0.3) is 0 Å². The van der Waals surface area contributed by atoms with Crippen LogP contribution in [0.4, 0.5) is 14.5 Å². The van der Waals surface area contributed by atoms with Crippen molar-refractivity contribution in [3.8, 4) is 0 Å². The van der Waals surface area contributed by atoms with E-state index in [2.05, 4.69) is 0 Å². The first-order chi connectivity index (χ1) is 6.91. The summed E-state index contributed by atoms with van der Waals surface area (Å²) in [7, 11) is 0. The van der Waals surface area contributed by atoms with Crippen molar-refractivity contribution in [2.75, 3.05) is 0 Å². The number of carbonyl (C=O) groups excluding carboxylic acids is 1. The van der Waals surface area contributed by atoms with Gasteiger partial charge in [0.25, 0.3) is 0 Å². The van der Waals surface area contributed by atoms with E-state index in [0.29, 0.717) is 12.1 Å². The van der Waals surface area contributed by atoms with Crippen LogP contribution in [0, 0.1) is 21.7 Å². The van der Waals surface area contributed by atoms with Gasteiger partial charge < -0.3 is 0 Å². The van der Waals surface area contributed by atoms with Gasteiger partial charge >= 0.3 is 5.69 Å². The van der Waals surface area contributed by atoms with E-state index in [-0.39, 0.29) is 5.56 Å². The Balaban J connectivity index is 3.23. The Labute approximate surface area is 87.6 Å². The fourth-order valence-corrected chi connectivity index (χ4v) is 1.15. The van der Waals surface area contributed by atoms with Gasteiger partial charge in [-0.2, -0.15) is 4.39 Å². The molecule has 0 N–H and O–H groups in total. The molecule has 15 heavy (non-hydrogen) atoms. The zero-order valence-electron chi connectivity index (χ0n) is 7.17. The normalized spacial score (nSPS) is 10.1. The number of nitrogens with zero attached hydrogens (tertiary/aromatic N) is 1. The number of nitro benzene ring substituents is 1. The summed E-state index contributed by atoms with van der Waals surface area (Å²) in [6.45, 7) is 0. The number of nitro groups is 1. The van der Waals surface area contributed by atoms with Crippen molar-refractivity contribution < 1.29 is 18.5 Å². The van der Waals surface area contributed by atoms with Crippen LogP contribution in [-0.4, -0.2) is 10.2 Å². The molecular formula is C8H4ClF2NO3. The minimum absolute atomic E-state index is 0.303. The lowest BCUT2D eigenvalue weighted by atomic mass is 10.1. The van der Waals surface area contributed by atoms with Crippen molar-refractivity contribution in [2.45, 2.75) is 6.42 Å². The molecule has 0 aliphatic rings. The highest BCUT2D eigenvalue weighted by atomic mass is 35.5. The Morgan fingerprint density at radius 2 is 2.00 bits per heavy atom. The van der Waals surface area contributed by atoms with E-state index in [0.717, 1.165) is 0 Å². The molecule has 0 fully saturated rings. The van der Waals surface area contributed by atoms with Gasteiger partial charge in [0.1, 0.15) is 5.82 Å². The second-order valence-electron chi connectivity index (χ2n) is 2.68. The fraction of sp³-hybridized carbons (Fsp3) is 0.125. The smallest absolute Gasteiger partial charge is 0.281 e. The fourth-order valence-electron chi connectivity index (χ4n) is 1.01. The van der Waals surface area contributed by atoms with Crippen molar-refractivity contribution in [1.82, 2.24) is 0 Å². The molecule has 1 aromatic carbocycles. The molecule has 0 saturated carbocycles. The second-order valence-corrected chi connectivity index (χ2v) is 3.11. The molecule has 0 radical (unpaired) electrons. The quantitative estimate of drug-likeness (QED) is 0.458. The lowest BCUT2D eigenvalue weighted by Crippen LogP contribution is -2.01. The number of hydrogen-bond acceptors (Lipinski definition) is 3. The molecule has 0 spiro atoms. The molecule has 0 aliphatic heterocycles. The Bertz CT molecular complexity index is 436. The molecule has 0 saturated heterocycles. The van der Waals surface area contributed by atoms with Crippen molar-refractivity contribution in [2.24, 2.45) is 0 Å². The monoisotopic (exact) mass is 235 g/mol. The zero-order valence-corrected chi connectivity index (χ0v) is 7.92. The Morgan fingerprint density at radius 1 is 1.40 bits per heavy atom. The summed E-state index contributed by atoms with van der Waals surface area (Å²) >= 11 is 4.99. The van der Waals surface area contributed by atoms with E-state index in [1.165, 1.54) is 0 Å². The van der Waals surface area contributed by atoms with E-state index >= 15 is 0 Å². The molecule has 0 amide bonds. The highest BCUT2D eigenvalue weighted by molar-refractivity contribution is 6.63. The maximum Gasteiger partial charge on any atom is 0.305 e. The minimum atomic E-state index is -1.29. The van der Waals surface area contributed by atoms with Crippen LogP contribution >= 0.6 is 11.6 Å². The topological polar surface area (TPSA) is 60.2 Å². The Morgan fingerprint density at radius 3 is 2.47 bits per heavy atom. The number of carbonyl (C=O) groups is 1. The SMILES string of the molecule is O=C(Cl)Cc1cc([N+](=O)[O-])c(F)cc1F. The Hall–Kier alpha value is -1.56. The van der Waals surface area contributed by atoms with Gasteiger partial charge in [-0.1, -0.05) is 0 Å². The van der Waals surface area contributed by atoms with Crippen molar-refractivity contribution in [3.63, 3.8) is 0 Å². The number of hydrogen-bond donors (Lipinski definition) is 0. The number of halogens is 3. The molecule has 80 valence electrons. The largest absolute Gasteiger partial charge is 0.305 e. The van der Waals surface area contributed by atoms with Gasteiger partial charge in [0, 0.05) is 17.7 Å². The number of rotatable bonds is 3. The predicted octanol–water partition coefficient (Wildman–Crippen LogP) is 2.18. The van der Waals surface area contributed by atoms with Gasteiger partial charge in [0.15, 0.2) is 0 Å². The predicted molar refractivity (Wildman–Crippen MR) is 47.6 cm³/mol. The van der Waals surface area contributed by atoms with Crippen LogP contribution < -0.4 is 0 Å². The van der Waals surface area contributed by atoms with E-state index in [4.69, 9.17) is 11.6 Å². The molecule has 4 nitrogen and oxygen atoms in total. The van der Waals surface area contributed by atoms with Crippen LogP contribution in [0.15, 0.2) is 12.1 Å². The third kappa shape index (κ3) is 2.69. The molecular weight excluding hydrogens is 232 g/mol. The molecule has 1 rings (SSSR count). The lowest BCUT2D eigenvalue weighted by molar-refractivity contribution is -0.387. The van der Waals surface area contributed by atoms with Crippen LogP contribution in [0.5, 0.6) is 0 Å². The van der Waals surface area contributed by atoms with E-state index in [9.17, 15) is 23.7 Å². The van der Waals surface area contributed by atoms with Gasteiger partial charge in [-0.15, -0.1) is 0 Å². The summed E-state index contributed by atoms with van der Waals surface area (Å²) in [4.78, 5) is 19.8. The molecule has 0 unspecified atom stereocenters. The summed E-state index contributed by atoms with van der Waals surface area (Å²) < 4.78 is 25.8. The molecule has 0 aromatic heterocycles. The van der Waals surface area contributed by atoms with Crippen LogP contribution in [0.2, 0.25) is 0 Å². The second kappa shape index (κ2) is 4.31. The van der Waals surface area contributed by atoms with E-state index < -0.39 is 33.9 Å². The molecule has 0 aliphatic carbocycles. The van der Waals surface area contributed by atoms with Crippen LogP contribution in [-0.2, 0) is 11.2 Å². The van der Waals surface area contributed by atoms with Gasteiger partial charge in [-0.3, -0.25) is 14.9 Å². The first-order valence-corrected chi connectivity index (χ1v) is 4.10. The summed E-state index contributed by atoms with van der Waals surface area (Å²) in [5.74, 6) is -2.32. The average Bonchev–Trinajstić information content (AvgIpc) is 2.08. The van der Waals surface area contributed by atoms with Crippen LogP contribution in [0.1, 0.15) is 5.56 Å². The van der Waals surface area contributed by atoms with Crippen LogP contribution in [0.3, 0.4) is 0 Å². The molecule has 0 bridgehead atoms. The van der Waals surface area contributed by atoms with Crippen molar-refractivity contribution in [1.29, 1.82) is 0 Å². The molecule has 0 heterocycles. The van der Waals surface area contributed by atoms with Gasteiger partial charge in [0.05, 0.1) is 11.3 Å². The molecule has 7 heteroatoms. The van der Waals surface area contributed by atoms with Gasteiger partial charge in [-0.05, 0) is 11.6 Å². The first-order valence-electron chi connectivity index (χ1n) is 3.72. The summed E-state index contributed by atoms with van der Waals surface area (Å²) in [5.41, 5.74) is -1.19. The maximum absolute atomic E-state index is 13.0. The summed E-state index contributed by atoms with van der Waals surface area (Å²) in [5, 5.41) is 9.42. The van der Waals surface area contributed by atoms with Crippen molar-refractivity contribution in [3.05, 3.63) is 39.4 Å².